The molecule has 1 aliphatic rings. The number of pyridine rings is 1. The quantitative estimate of drug-likeness (QED) is 0.687. The first-order chi connectivity index (χ1) is 8.79. The Bertz CT molecular complexity index is 339. The van der Waals surface area contributed by atoms with Crippen LogP contribution in [0.4, 0.5) is 5.82 Å². The van der Waals surface area contributed by atoms with E-state index in [1.807, 2.05) is 24.4 Å². The lowest BCUT2D eigenvalue weighted by atomic mass is 10.0. The fourth-order valence-electron chi connectivity index (χ4n) is 2.22. The van der Waals surface area contributed by atoms with Gasteiger partial charge in [-0.1, -0.05) is 6.07 Å². The molecular weight excluding hydrogens is 230 g/mol. The lowest BCUT2D eigenvalue weighted by Gasteiger charge is -2.33. The fourth-order valence-corrected chi connectivity index (χ4v) is 2.22. The van der Waals surface area contributed by atoms with Gasteiger partial charge in [0.15, 0.2) is 0 Å². The van der Waals surface area contributed by atoms with Gasteiger partial charge in [0.1, 0.15) is 5.82 Å². The fraction of sp³-hybridized carbons (Fsp3) is 0.615. The number of aromatic nitrogens is 1. The van der Waals surface area contributed by atoms with Gasteiger partial charge in [0.05, 0.1) is 12.7 Å². The van der Waals surface area contributed by atoms with Gasteiger partial charge < -0.3 is 20.4 Å². The number of nitrogens with one attached hydrogen (secondary N) is 1. The second-order valence-electron chi connectivity index (χ2n) is 4.69. The number of piperidine rings is 1. The summed E-state index contributed by atoms with van der Waals surface area (Å²) in [6.45, 7) is 2.23. The number of anilines is 1. The third kappa shape index (κ3) is 3.66. The molecule has 1 aromatic rings. The molecule has 0 saturated carbocycles. The zero-order valence-electron chi connectivity index (χ0n) is 10.5. The van der Waals surface area contributed by atoms with Gasteiger partial charge >= 0.3 is 0 Å². The molecule has 1 aromatic heterocycles. The lowest BCUT2D eigenvalue weighted by Crippen LogP contribution is -2.45. The molecule has 5 heteroatoms. The molecular formula is C13H21N3O2. The molecule has 3 N–H and O–H groups in total. The molecule has 1 atom stereocenters. The van der Waals surface area contributed by atoms with E-state index in [4.69, 9.17) is 5.11 Å². The van der Waals surface area contributed by atoms with Crippen molar-refractivity contribution in [3.63, 3.8) is 0 Å². The minimum Gasteiger partial charge on any atom is -0.394 e. The lowest BCUT2D eigenvalue weighted by molar-refractivity contribution is 0.0909. The van der Waals surface area contributed by atoms with Crippen molar-refractivity contribution < 1.29 is 10.2 Å². The van der Waals surface area contributed by atoms with Crippen molar-refractivity contribution in [1.29, 1.82) is 0 Å². The van der Waals surface area contributed by atoms with E-state index < -0.39 is 6.10 Å². The Morgan fingerprint density at radius 2 is 2.17 bits per heavy atom. The molecule has 5 nitrogen and oxygen atoms in total. The molecule has 18 heavy (non-hydrogen) atoms. The van der Waals surface area contributed by atoms with Crippen LogP contribution in [0.25, 0.3) is 0 Å². The number of rotatable bonds is 5. The summed E-state index contributed by atoms with van der Waals surface area (Å²) in [5.74, 6) is 1.03. The van der Waals surface area contributed by atoms with Gasteiger partial charge in [0.25, 0.3) is 0 Å². The summed E-state index contributed by atoms with van der Waals surface area (Å²) in [7, 11) is 0. The smallest absolute Gasteiger partial charge is 0.128 e. The maximum Gasteiger partial charge on any atom is 0.128 e. The molecule has 2 rings (SSSR count). The minimum atomic E-state index is -0.654. The van der Waals surface area contributed by atoms with Crippen molar-refractivity contribution in [3.8, 4) is 0 Å². The zero-order chi connectivity index (χ0) is 12.8. The normalized spacial score (nSPS) is 18.9. The summed E-state index contributed by atoms with van der Waals surface area (Å²) in [5.41, 5.74) is 0. The van der Waals surface area contributed by atoms with E-state index in [9.17, 15) is 5.11 Å². The molecule has 100 valence electrons. The molecule has 0 radical (unpaired) electrons. The minimum absolute atomic E-state index is 0.181. The van der Waals surface area contributed by atoms with Crippen molar-refractivity contribution >= 4 is 5.82 Å². The number of aliphatic hydroxyl groups excluding tert-OH is 2. The first-order valence-electron chi connectivity index (χ1n) is 6.48. The predicted molar refractivity (Wildman–Crippen MR) is 70.6 cm³/mol. The van der Waals surface area contributed by atoms with Crippen LogP contribution in [0, 0.1) is 0 Å². The van der Waals surface area contributed by atoms with Gasteiger partial charge in [0.2, 0.25) is 0 Å². The Morgan fingerprint density at radius 1 is 1.39 bits per heavy atom. The van der Waals surface area contributed by atoms with Crippen LogP contribution in [-0.4, -0.2) is 53.6 Å². The van der Waals surface area contributed by atoms with Crippen LogP contribution in [0.1, 0.15) is 12.8 Å². The summed E-state index contributed by atoms with van der Waals surface area (Å²) in [5, 5.41) is 21.3. The van der Waals surface area contributed by atoms with Crippen molar-refractivity contribution in [2.45, 2.75) is 25.0 Å². The number of nitrogens with zero attached hydrogens (tertiary/aromatic N) is 2. The second kappa shape index (κ2) is 6.68. The number of hydrogen-bond donors (Lipinski definition) is 3. The van der Waals surface area contributed by atoms with Crippen molar-refractivity contribution in [2.75, 3.05) is 31.1 Å². The molecule has 0 bridgehead atoms. The second-order valence-corrected chi connectivity index (χ2v) is 4.69. The van der Waals surface area contributed by atoms with E-state index in [1.54, 1.807) is 0 Å². The van der Waals surface area contributed by atoms with E-state index >= 15 is 0 Å². The Labute approximate surface area is 107 Å². The van der Waals surface area contributed by atoms with Gasteiger partial charge in [0, 0.05) is 31.9 Å². The average Bonchev–Trinajstić information content (AvgIpc) is 2.46. The Balaban J connectivity index is 1.75. The highest BCUT2D eigenvalue weighted by atomic mass is 16.3. The Kier molecular flexibility index (Phi) is 4.92. The molecule has 0 spiro atoms. The first-order valence-corrected chi connectivity index (χ1v) is 6.48. The van der Waals surface area contributed by atoms with Crippen LogP contribution in [-0.2, 0) is 0 Å². The summed E-state index contributed by atoms with van der Waals surface area (Å²) >= 11 is 0. The van der Waals surface area contributed by atoms with E-state index in [0.29, 0.717) is 12.6 Å². The largest absolute Gasteiger partial charge is 0.394 e. The summed E-state index contributed by atoms with van der Waals surface area (Å²) in [6, 6.07) is 6.38. The van der Waals surface area contributed by atoms with E-state index in [0.717, 1.165) is 31.7 Å². The van der Waals surface area contributed by atoms with E-state index in [1.165, 1.54) is 0 Å². The highest BCUT2D eigenvalue weighted by Gasteiger charge is 2.19. The summed E-state index contributed by atoms with van der Waals surface area (Å²) in [4.78, 5) is 6.63. The maximum absolute atomic E-state index is 9.29. The molecule has 0 aliphatic carbocycles. The summed E-state index contributed by atoms with van der Waals surface area (Å²) < 4.78 is 0. The van der Waals surface area contributed by atoms with Crippen LogP contribution >= 0.6 is 0 Å². The zero-order valence-corrected chi connectivity index (χ0v) is 10.5. The van der Waals surface area contributed by atoms with Gasteiger partial charge in [-0.05, 0) is 25.0 Å². The van der Waals surface area contributed by atoms with Gasteiger partial charge in [-0.15, -0.1) is 0 Å². The molecule has 0 amide bonds. The molecule has 1 fully saturated rings. The van der Waals surface area contributed by atoms with Crippen molar-refractivity contribution in [1.82, 2.24) is 10.3 Å². The first kappa shape index (κ1) is 13.3. The molecule has 0 aromatic carbocycles. The van der Waals surface area contributed by atoms with Gasteiger partial charge in [-0.25, -0.2) is 4.98 Å². The number of aliphatic hydroxyl groups is 2. The monoisotopic (exact) mass is 251 g/mol. The number of hydrogen-bond acceptors (Lipinski definition) is 5. The highest BCUT2D eigenvalue weighted by Crippen LogP contribution is 2.17. The van der Waals surface area contributed by atoms with Gasteiger partial charge in [-0.2, -0.15) is 0 Å². The van der Waals surface area contributed by atoms with E-state index in [2.05, 4.69) is 15.2 Å². The molecule has 1 aliphatic heterocycles. The van der Waals surface area contributed by atoms with Crippen molar-refractivity contribution in [2.24, 2.45) is 0 Å². The Morgan fingerprint density at radius 3 is 2.78 bits per heavy atom. The van der Waals surface area contributed by atoms with Crippen LogP contribution < -0.4 is 10.2 Å². The SMILES string of the molecule is OCC(O)CNC1CCN(c2ccccn2)CC1. The van der Waals surface area contributed by atoms with Gasteiger partial charge in [-0.3, -0.25) is 0 Å². The third-order valence-electron chi connectivity index (χ3n) is 3.32. The molecule has 1 saturated heterocycles. The molecule has 2 heterocycles. The third-order valence-corrected chi connectivity index (χ3v) is 3.32. The van der Waals surface area contributed by atoms with Crippen LogP contribution in [0.15, 0.2) is 24.4 Å². The standard InChI is InChI=1S/C13H21N3O2/c17-10-12(18)9-15-11-4-7-16(8-5-11)13-3-1-2-6-14-13/h1-3,6,11-12,15,17-18H,4-5,7-10H2. The Hall–Kier alpha value is -1.17. The molecule has 1 unspecified atom stereocenters. The van der Waals surface area contributed by atoms with E-state index in [-0.39, 0.29) is 6.61 Å². The highest BCUT2D eigenvalue weighted by molar-refractivity contribution is 5.38. The maximum atomic E-state index is 9.29. The van der Waals surface area contributed by atoms with Crippen LogP contribution in [0.3, 0.4) is 0 Å². The predicted octanol–water partition coefficient (Wildman–Crippen LogP) is -0.00680. The topological polar surface area (TPSA) is 68.6 Å². The summed E-state index contributed by atoms with van der Waals surface area (Å²) in [6.07, 6.45) is 3.24. The van der Waals surface area contributed by atoms with Crippen LogP contribution in [0.5, 0.6) is 0 Å². The van der Waals surface area contributed by atoms with Crippen LogP contribution in [0.2, 0.25) is 0 Å². The average molecular weight is 251 g/mol. The van der Waals surface area contributed by atoms with Crippen molar-refractivity contribution in [3.05, 3.63) is 24.4 Å².